The lowest BCUT2D eigenvalue weighted by atomic mass is 9.67. The fourth-order valence-electron chi connectivity index (χ4n) is 3.55. The molecule has 0 atom stereocenters. The van der Waals surface area contributed by atoms with Gasteiger partial charge in [0.05, 0.1) is 4.92 Å². The fourth-order valence-corrected chi connectivity index (χ4v) is 3.55. The summed E-state index contributed by atoms with van der Waals surface area (Å²) in [6.07, 6.45) is 7.82. The highest BCUT2D eigenvalue weighted by Gasteiger charge is 2.33. The van der Waals surface area contributed by atoms with Gasteiger partial charge in [-0.15, -0.1) is 0 Å². The number of nitro groups is 1. The van der Waals surface area contributed by atoms with E-state index in [1.54, 1.807) is 12.1 Å². The van der Waals surface area contributed by atoms with Crippen LogP contribution in [0.5, 0.6) is 0 Å². The maximum atomic E-state index is 11.1. The summed E-state index contributed by atoms with van der Waals surface area (Å²) in [5, 5.41) is 11.1. The van der Waals surface area contributed by atoms with Crippen molar-refractivity contribution in [2.45, 2.75) is 51.9 Å². The lowest BCUT2D eigenvalue weighted by Crippen LogP contribution is -2.35. The highest BCUT2D eigenvalue weighted by atomic mass is 16.6. The third-order valence-corrected chi connectivity index (χ3v) is 5.29. The van der Waals surface area contributed by atoms with Crippen LogP contribution in [0, 0.1) is 21.4 Å². The molecule has 0 bridgehead atoms. The molecule has 0 unspecified atom stereocenters. The van der Waals surface area contributed by atoms with Gasteiger partial charge in [0.2, 0.25) is 0 Å². The van der Waals surface area contributed by atoms with Crippen molar-refractivity contribution in [3.8, 4) is 0 Å². The quantitative estimate of drug-likeness (QED) is 0.634. The van der Waals surface area contributed by atoms with E-state index in [0.29, 0.717) is 6.54 Å². The lowest BCUT2D eigenvalue weighted by Gasteiger charge is -2.39. The van der Waals surface area contributed by atoms with Gasteiger partial charge in [0, 0.05) is 11.6 Å². The van der Waals surface area contributed by atoms with Gasteiger partial charge in [-0.2, -0.15) is 0 Å². The zero-order valence-corrected chi connectivity index (χ0v) is 12.9. The molecular formula is C17H26N2O2. The zero-order chi connectivity index (χ0) is 15.3. The van der Waals surface area contributed by atoms with Crippen molar-refractivity contribution in [2.24, 2.45) is 17.1 Å². The second kappa shape index (κ2) is 7.03. The predicted octanol–water partition coefficient (Wildman–Crippen LogP) is 4.07. The smallest absolute Gasteiger partial charge is 0.272 e. The molecule has 2 N–H and O–H groups in total. The molecule has 0 aromatic heterocycles. The van der Waals surface area contributed by atoms with Crippen molar-refractivity contribution in [1.82, 2.24) is 0 Å². The number of nitrogens with two attached hydrogens (primary N) is 1. The monoisotopic (exact) mass is 290 g/mol. The van der Waals surface area contributed by atoms with E-state index >= 15 is 0 Å². The summed E-state index contributed by atoms with van der Waals surface area (Å²) < 4.78 is 0. The Bertz CT molecular complexity index is 479. The molecule has 1 saturated carbocycles. The molecule has 0 radical (unpaired) electrons. The number of hydrogen-bond acceptors (Lipinski definition) is 3. The molecule has 1 aliphatic rings. The molecule has 116 valence electrons. The van der Waals surface area contributed by atoms with Crippen LogP contribution in [0.15, 0.2) is 24.3 Å². The highest BCUT2D eigenvalue weighted by Crippen LogP contribution is 2.42. The molecule has 0 spiro atoms. The Balaban J connectivity index is 2.03. The van der Waals surface area contributed by atoms with Crippen LogP contribution < -0.4 is 5.73 Å². The predicted molar refractivity (Wildman–Crippen MR) is 85.2 cm³/mol. The second-order valence-electron chi connectivity index (χ2n) is 6.44. The highest BCUT2D eigenvalue weighted by molar-refractivity contribution is 5.39. The molecular weight excluding hydrogens is 264 g/mol. The maximum Gasteiger partial charge on any atom is 0.272 e. The minimum absolute atomic E-state index is 0.190. The largest absolute Gasteiger partial charge is 0.330 e. The summed E-state index contributed by atoms with van der Waals surface area (Å²) in [5.74, 6) is 0.843. The third-order valence-electron chi connectivity index (χ3n) is 5.29. The normalized spacial score (nSPS) is 25.7. The fraction of sp³-hybridized carbons (Fsp3) is 0.647. The van der Waals surface area contributed by atoms with Crippen LogP contribution in [0.4, 0.5) is 5.69 Å². The van der Waals surface area contributed by atoms with E-state index in [1.165, 1.54) is 32.1 Å². The summed E-state index contributed by atoms with van der Waals surface area (Å²) in [4.78, 5) is 10.8. The summed E-state index contributed by atoms with van der Waals surface area (Å²) in [6, 6.07) is 7.08. The third kappa shape index (κ3) is 3.82. The molecule has 1 fully saturated rings. The van der Waals surface area contributed by atoms with Crippen LogP contribution in [0.1, 0.15) is 51.0 Å². The first-order valence-corrected chi connectivity index (χ1v) is 8.02. The SMILES string of the molecule is CCC1CCC(CN)(CCc2ccccc2[N+](=O)[O-])CC1. The Labute approximate surface area is 126 Å². The Morgan fingerprint density at radius 1 is 1.33 bits per heavy atom. The van der Waals surface area contributed by atoms with Crippen LogP contribution in [-0.4, -0.2) is 11.5 Å². The van der Waals surface area contributed by atoms with Crippen LogP contribution in [0.3, 0.4) is 0 Å². The number of rotatable bonds is 6. The van der Waals surface area contributed by atoms with Crippen molar-refractivity contribution in [2.75, 3.05) is 6.54 Å². The second-order valence-corrected chi connectivity index (χ2v) is 6.44. The number of hydrogen-bond donors (Lipinski definition) is 1. The van der Waals surface area contributed by atoms with Crippen LogP contribution in [0.25, 0.3) is 0 Å². The molecule has 0 saturated heterocycles. The van der Waals surface area contributed by atoms with E-state index in [2.05, 4.69) is 6.92 Å². The zero-order valence-electron chi connectivity index (χ0n) is 12.9. The first kappa shape index (κ1) is 16.0. The minimum atomic E-state index is -0.279. The Morgan fingerprint density at radius 2 is 2.00 bits per heavy atom. The van der Waals surface area contributed by atoms with Gasteiger partial charge < -0.3 is 5.73 Å². The molecule has 21 heavy (non-hydrogen) atoms. The maximum absolute atomic E-state index is 11.1. The Morgan fingerprint density at radius 3 is 2.57 bits per heavy atom. The molecule has 0 amide bonds. The lowest BCUT2D eigenvalue weighted by molar-refractivity contribution is -0.385. The summed E-state index contributed by atoms with van der Waals surface area (Å²) >= 11 is 0. The molecule has 0 aliphatic heterocycles. The van der Waals surface area contributed by atoms with Crippen molar-refractivity contribution >= 4 is 5.69 Å². The summed E-state index contributed by atoms with van der Waals surface area (Å²) in [5.41, 5.74) is 7.33. The van der Waals surface area contributed by atoms with Gasteiger partial charge in [-0.05, 0) is 56.4 Å². The van der Waals surface area contributed by atoms with E-state index < -0.39 is 0 Å². The molecule has 4 nitrogen and oxygen atoms in total. The van der Waals surface area contributed by atoms with E-state index in [1.807, 2.05) is 12.1 Å². The number of nitrogens with zero attached hydrogens (tertiary/aromatic N) is 1. The first-order chi connectivity index (χ1) is 10.1. The standard InChI is InChI=1S/C17H26N2O2/c1-2-14-7-10-17(13-18,11-8-14)12-9-15-5-3-4-6-16(15)19(20)21/h3-6,14H,2,7-13,18H2,1H3. The van der Waals surface area contributed by atoms with E-state index in [4.69, 9.17) is 5.73 Å². The van der Waals surface area contributed by atoms with Crippen molar-refractivity contribution in [3.63, 3.8) is 0 Å². The Hall–Kier alpha value is -1.42. The van der Waals surface area contributed by atoms with Gasteiger partial charge >= 0.3 is 0 Å². The van der Waals surface area contributed by atoms with Crippen LogP contribution >= 0.6 is 0 Å². The minimum Gasteiger partial charge on any atom is -0.330 e. The molecule has 4 heteroatoms. The molecule has 0 heterocycles. The Kier molecular flexibility index (Phi) is 5.34. The molecule has 1 aliphatic carbocycles. The van der Waals surface area contributed by atoms with Crippen LogP contribution in [-0.2, 0) is 6.42 Å². The summed E-state index contributed by atoms with van der Waals surface area (Å²) in [7, 11) is 0. The number of aryl methyl sites for hydroxylation is 1. The van der Waals surface area contributed by atoms with Gasteiger partial charge in [-0.1, -0.05) is 31.5 Å². The van der Waals surface area contributed by atoms with Gasteiger partial charge in [0.25, 0.3) is 5.69 Å². The molecule has 2 rings (SSSR count). The first-order valence-electron chi connectivity index (χ1n) is 8.02. The number of nitro benzene ring substituents is 1. The van der Waals surface area contributed by atoms with Crippen molar-refractivity contribution in [1.29, 1.82) is 0 Å². The van der Waals surface area contributed by atoms with Crippen molar-refractivity contribution in [3.05, 3.63) is 39.9 Å². The van der Waals surface area contributed by atoms with Crippen molar-refractivity contribution < 1.29 is 4.92 Å². The average Bonchev–Trinajstić information content (AvgIpc) is 2.53. The van der Waals surface area contributed by atoms with Gasteiger partial charge in [-0.3, -0.25) is 10.1 Å². The van der Waals surface area contributed by atoms with E-state index in [-0.39, 0.29) is 16.0 Å². The van der Waals surface area contributed by atoms with Gasteiger partial charge in [0.1, 0.15) is 0 Å². The van der Waals surface area contributed by atoms with E-state index in [0.717, 1.165) is 24.3 Å². The van der Waals surface area contributed by atoms with Gasteiger partial charge in [-0.25, -0.2) is 0 Å². The van der Waals surface area contributed by atoms with E-state index in [9.17, 15) is 10.1 Å². The topological polar surface area (TPSA) is 69.2 Å². The molecule has 1 aromatic rings. The average molecular weight is 290 g/mol. The number of para-hydroxylation sites is 1. The van der Waals surface area contributed by atoms with Gasteiger partial charge in [0.15, 0.2) is 0 Å². The summed E-state index contributed by atoms with van der Waals surface area (Å²) in [6.45, 7) is 2.96. The molecule has 1 aromatic carbocycles. The van der Waals surface area contributed by atoms with Crippen LogP contribution in [0.2, 0.25) is 0 Å². The number of benzene rings is 1.